The molecule has 0 aromatic heterocycles. The first-order valence-corrected chi connectivity index (χ1v) is 5.75. The smallest absolute Gasteiger partial charge is 0.310 e. The van der Waals surface area contributed by atoms with Crippen LogP contribution >= 0.6 is 15.9 Å². The molecule has 0 fully saturated rings. The van der Waals surface area contributed by atoms with Gasteiger partial charge in [-0.1, -0.05) is 6.07 Å². The summed E-state index contributed by atoms with van der Waals surface area (Å²) in [6.07, 6.45) is 0. The van der Waals surface area contributed by atoms with E-state index in [9.17, 15) is 4.79 Å². The summed E-state index contributed by atoms with van der Waals surface area (Å²) in [4.78, 5) is 11.0. The number of aryl methyl sites for hydroxylation is 2. The number of aliphatic carboxylic acids is 1. The highest BCUT2D eigenvalue weighted by Gasteiger charge is 2.23. The van der Waals surface area contributed by atoms with Crippen LogP contribution in [0.3, 0.4) is 0 Å². The van der Waals surface area contributed by atoms with Crippen LogP contribution in [0.5, 0.6) is 5.75 Å². The van der Waals surface area contributed by atoms with Crippen molar-refractivity contribution in [3.63, 3.8) is 0 Å². The molecule has 0 aliphatic carbocycles. The van der Waals surface area contributed by atoms with Gasteiger partial charge in [-0.05, 0) is 47.8 Å². The second-order valence-electron chi connectivity index (χ2n) is 3.83. The quantitative estimate of drug-likeness (QED) is 0.928. The normalized spacial score (nSPS) is 12.3. The van der Waals surface area contributed by atoms with E-state index < -0.39 is 11.9 Å². The molecule has 0 bridgehead atoms. The van der Waals surface area contributed by atoms with Gasteiger partial charge in [0.05, 0.1) is 17.5 Å². The molecule has 1 atom stereocenters. The molecule has 1 aromatic carbocycles. The van der Waals surface area contributed by atoms with Crippen molar-refractivity contribution in [3.05, 3.63) is 27.2 Å². The van der Waals surface area contributed by atoms with Gasteiger partial charge < -0.3 is 9.84 Å². The van der Waals surface area contributed by atoms with E-state index in [1.165, 1.54) is 0 Å². The van der Waals surface area contributed by atoms with Crippen molar-refractivity contribution < 1.29 is 14.6 Å². The number of benzene rings is 1. The zero-order valence-corrected chi connectivity index (χ0v) is 11.4. The van der Waals surface area contributed by atoms with E-state index in [1.807, 2.05) is 19.9 Å². The Kier molecular flexibility index (Phi) is 3.97. The third kappa shape index (κ3) is 2.21. The van der Waals surface area contributed by atoms with E-state index in [2.05, 4.69) is 15.9 Å². The van der Waals surface area contributed by atoms with Crippen molar-refractivity contribution >= 4 is 21.9 Å². The van der Waals surface area contributed by atoms with Crippen LogP contribution in [0, 0.1) is 13.8 Å². The molecule has 0 saturated heterocycles. The Labute approximate surface area is 104 Å². The van der Waals surface area contributed by atoms with Crippen molar-refractivity contribution in [2.45, 2.75) is 26.7 Å². The number of hydrogen-bond donors (Lipinski definition) is 1. The standard InChI is InChI=1S/C12H15BrO3/c1-6-5-7(2)10(13)11(16-4)9(6)8(3)12(14)15/h5,8H,1-4H3,(H,14,15). The highest BCUT2D eigenvalue weighted by molar-refractivity contribution is 9.10. The molecular weight excluding hydrogens is 272 g/mol. The average molecular weight is 287 g/mol. The second-order valence-corrected chi connectivity index (χ2v) is 4.62. The minimum Gasteiger partial charge on any atom is -0.495 e. The number of carbonyl (C=O) groups is 1. The molecule has 0 radical (unpaired) electrons. The third-order valence-corrected chi connectivity index (χ3v) is 3.64. The minimum absolute atomic E-state index is 0.577. The van der Waals surface area contributed by atoms with Crippen LogP contribution < -0.4 is 4.74 Å². The SMILES string of the molecule is COc1c(Br)c(C)cc(C)c1C(C)C(=O)O. The molecule has 0 aliphatic rings. The lowest BCUT2D eigenvalue weighted by Crippen LogP contribution is -2.11. The summed E-state index contributed by atoms with van der Waals surface area (Å²) < 4.78 is 6.12. The van der Waals surface area contributed by atoms with Gasteiger partial charge in [0.15, 0.2) is 0 Å². The van der Waals surface area contributed by atoms with E-state index in [4.69, 9.17) is 9.84 Å². The van der Waals surface area contributed by atoms with Gasteiger partial charge in [0.25, 0.3) is 0 Å². The molecule has 0 spiro atoms. The molecule has 3 nitrogen and oxygen atoms in total. The van der Waals surface area contributed by atoms with Gasteiger partial charge in [-0.3, -0.25) is 4.79 Å². The maximum absolute atomic E-state index is 11.0. The van der Waals surface area contributed by atoms with Gasteiger partial charge >= 0.3 is 5.97 Å². The van der Waals surface area contributed by atoms with Gasteiger partial charge in [0.1, 0.15) is 5.75 Å². The van der Waals surface area contributed by atoms with Crippen molar-refractivity contribution in [1.82, 2.24) is 0 Å². The zero-order chi connectivity index (χ0) is 12.5. The van der Waals surface area contributed by atoms with Crippen LogP contribution in [-0.2, 0) is 4.79 Å². The van der Waals surface area contributed by atoms with Crippen molar-refractivity contribution in [3.8, 4) is 5.75 Å². The van der Waals surface area contributed by atoms with Gasteiger partial charge in [-0.25, -0.2) is 0 Å². The fraction of sp³-hybridized carbons (Fsp3) is 0.417. The third-order valence-electron chi connectivity index (χ3n) is 2.66. The van der Waals surface area contributed by atoms with Gasteiger partial charge in [-0.15, -0.1) is 0 Å². The van der Waals surface area contributed by atoms with Crippen LogP contribution in [0.2, 0.25) is 0 Å². The summed E-state index contributed by atoms with van der Waals surface area (Å²) in [6, 6.07) is 1.96. The molecule has 4 heteroatoms. The maximum atomic E-state index is 11.0. The van der Waals surface area contributed by atoms with Gasteiger partial charge in [0, 0.05) is 5.56 Å². The number of carboxylic acids is 1. The molecule has 1 rings (SSSR count). The lowest BCUT2D eigenvalue weighted by atomic mass is 9.94. The average Bonchev–Trinajstić information content (AvgIpc) is 2.21. The molecular formula is C12H15BrO3. The fourth-order valence-electron chi connectivity index (χ4n) is 1.80. The van der Waals surface area contributed by atoms with Crippen LogP contribution in [-0.4, -0.2) is 18.2 Å². The minimum atomic E-state index is -0.850. The fourth-order valence-corrected chi connectivity index (χ4v) is 2.29. The Morgan fingerprint density at radius 3 is 2.44 bits per heavy atom. The van der Waals surface area contributed by atoms with Gasteiger partial charge in [0.2, 0.25) is 0 Å². The summed E-state index contributed by atoms with van der Waals surface area (Å²) in [5.41, 5.74) is 2.70. The summed E-state index contributed by atoms with van der Waals surface area (Å²) >= 11 is 3.42. The lowest BCUT2D eigenvalue weighted by molar-refractivity contribution is -0.138. The van der Waals surface area contributed by atoms with E-state index >= 15 is 0 Å². The van der Waals surface area contributed by atoms with E-state index in [1.54, 1.807) is 14.0 Å². The predicted molar refractivity (Wildman–Crippen MR) is 66.2 cm³/mol. The van der Waals surface area contributed by atoms with Crippen molar-refractivity contribution in [2.75, 3.05) is 7.11 Å². The summed E-state index contributed by atoms with van der Waals surface area (Å²) in [5, 5.41) is 9.07. The Morgan fingerprint density at radius 2 is 2.00 bits per heavy atom. The second kappa shape index (κ2) is 4.87. The van der Waals surface area contributed by atoms with Gasteiger partial charge in [-0.2, -0.15) is 0 Å². The van der Waals surface area contributed by atoms with Crippen LogP contribution in [0.4, 0.5) is 0 Å². The first kappa shape index (κ1) is 13.0. The molecule has 16 heavy (non-hydrogen) atoms. The Morgan fingerprint density at radius 1 is 1.44 bits per heavy atom. The Bertz CT molecular complexity index is 427. The lowest BCUT2D eigenvalue weighted by Gasteiger charge is -2.18. The van der Waals surface area contributed by atoms with Crippen molar-refractivity contribution in [1.29, 1.82) is 0 Å². The highest BCUT2D eigenvalue weighted by atomic mass is 79.9. The van der Waals surface area contributed by atoms with Crippen molar-refractivity contribution in [2.24, 2.45) is 0 Å². The number of methoxy groups -OCH3 is 1. The molecule has 1 aromatic rings. The molecule has 1 unspecified atom stereocenters. The molecule has 0 amide bonds. The number of hydrogen-bond acceptors (Lipinski definition) is 2. The molecule has 0 aliphatic heterocycles. The van der Waals surface area contributed by atoms with E-state index in [-0.39, 0.29) is 0 Å². The van der Waals surface area contributed by atoms with E-state index in [0.29, 0.717) is 5.75 Å². The monoisotopic (exact) mass is 286 g/mol. The first-order chi connectivity index (χ1) is 7.40. The van der Waals surface area contributed by atoms with E-state index in [0.717, 1.165) is 21.2 Å². The van der Waals surface area contributed by atoms with Crippen LogP contribution in [0.15, 0.2) is 10.5 Å². The zero-order valence-electron chi connectivity index (χ0n) is 9.80. The number of carboxylic acid groups (broad SMARTS) is 1. The summed E-state index contributed by atoms with van der Waals surface area (Å²) in [6.45, 7) is 5.51. The topological polar surface area (TPSA) is 46.5 Å². The Balaban J connectivity index is 3.48. The number of ether oxygens (including phenoxy) is 1. The molecule has 0 saturated carbocycles. The highest BCUT2D eigenvalue weighted by Crippen LogP contribution is 2.38. The maximum Gasteiger partial charge on any atom is 0.310 e. The largest absolute Gasteiger partial charge is 0.495 e. The molecule has 88 valence electrons. The predicted octanol–water partition coefficient (Wildman–Crippen LogP) is 3.26. The van der Waals surface area contributed by atoms with Crippen LogP contribution in [0.1, 0.15) is 29.5 Å². The Hall–Kier alpha value is -1.03. The number of rotatable bonds is 3. The number of halogens is 1. The molecule has 0 heterocycles. The first-order valence-electron chi connectivity index (χ1n) is 4.96. The summed E-state index contributed by atoms with van der Waals surface area (Å²) in [7, 11) is 1.55. The van der Waals surface area contributed by atoms with Crippen LogP contribution in [0.25, 0.3) is 0 Å². The summed E-state index contributed by atoms with van der Waals surface area (Å²) in [5.74, 6) is -0.809. The molecule has 1 N–H and O–H groups in total.